The molecule has 1 aliphatic carbocycles. The van der Waals surface area contributed by atoms with Gasteiger partial charge in [-0.05, 0) is 36.0 Å². The van der Waals surface area contributed by atoms with Crippen LogP contribution in [0.1, 0.15) is 73.1 Å². The van der Waals surface area contributed by atoms with Crippen molar-refractivity contribution in [2.75, 3.05) is 0 Å². The fourth-order valence-electron chi connectivity index (χ4n) is 3.37. The predicted octanol–water partition coefficient (Wildman–Crippen LogP) is 4.11. The number of hydrogen-bond donors (Lipinski definition) is 2. The molecule has 0 amide bonds. The molecule has 0 aromatic heterocycles. The van der Waals surface area contributed by atoms with Gasteiger partial charge in [0.25, 0.3) is 0 Å². The zero-order chi connectivity index (χ0) is 13.8. The minimum atomic E-state index is 0.380. The largest absolute Gasteiger partial charge is 0.271 e. The van der Waals surface area contributed by atoms with Gasteiger partial charge in [-0.15, -0.1) is 0 Å². The van der Waals surface area contributed by atoms with E-state index in [1.807, 2.05) is 0 Å². The first-order valence-electron chi connectivity index (χ1n) is 7.86. The lowest BCUT2D eigenvalue weighted by Gasteiger charge is -2.39. The second-order valence-corrected chi connectivity index (χ2v) is 7.39. The highest BCUT2D eigenvalue weighted by molar-refractivity contribution is 4.86. The first kappa shape index (κ1) is 16.0. The van der Waals surface area contributed by atoms with Crippen molar-refractivity contribution in [3.05, 3.63) is 0 Å². The number of nitrogens with one attached hydrogen (secondary N) is 1. The van der Waals surface area contributed by atoms with E-state index in [0.29, 0.717) is 17.4 Å². The molecule has 0 heterocycles. The van der Waals surface area contributed by atoms with Crippen molar-refractivity contribution in [3.8, 4) is 0 Å². The van der Waals surface area contributed by atoms with E-state index in [1.165, 1.54) is 38.5 Å². The summed E-state index contributed by atoms with van der Waals surface area (Å²) in [6.07, 6.45) is 8.10. The Balaban J connectivity index is 2.64. The maximum Gasteiger partial charge on any atom is 0.0244 e. The second kappa shape index (κ2) is 6.91. The molecule has 2 heteroatoms. The van der Waals surface area contributed by atoms with Crippen molar-refractivity contribution in [2.24, 2.45) is 29.0 Å². The summed E-state index contributed by atoms with van der Waals surface area (Å²) in [6, 6.07) is 0.504. The van der Waals surface area contributed by atoms with Gasteiger partial charge in [-0.25, -0.2) is 0 Å². The molecule has 0 aromatic rings. The van der Waals surface area contributed by atoms with Gasteiger partial charge in [0.05, 0.1) is 0 Å². The van der Waals surface area contributed by atoms with E-state index >= 15 is 0 Å². The van der Waals surface area contributed by atoms with Crippen LogP contribution in [0.25, 0.3) is 0 Å². The average Bonchev–Trinajstić information content (AvgIpc) is 2.34. The monoisotopic (exact) mass is 254 g/mol. The molecule has 18 heavy (non-hydrogen) atoms. The van der Waals surface area contributed by atoms with E-state index < -0.39 is 0 Å². The van der Waals surface area contributed by atoms with Gasteiger partial charge >= 0.3 is 0 Å². The van der Waals surface area contributed by atoms with Crippen LogP contribution in [0.5, 0.6) is 0 Å². The van der Waals surface area contributed by atoms with Crippen LogP contribution in [0.4, 0.5) is 0 Å². The smallest absolute Gasteiger partial charge is 0.0244 e. The molecule has 1 saturated carbocycles. The number of hydrogen-bond acceptors (Lipinski definition) is 2. The van der Waals surface area contributed by atoms with Gasteiger partial charge in [0.15, 0.2) is 0 Å². The molecule has 0 saturated heterocycles. The summed E-state index contributed by atoms with van der Waals surface area (Å²) in [5.74, 6) is 8.24. The summed E-state index contributed by atoms with van der Waals surface area (Å²) in [5.41, 5.74) is 3.52. The van der Waals surface area contributed by atoms with Crippen molar-refractivity contribution < 1.29 is 0 Å². The molecule has 4 unspecified atom stereocenters. The lowest BCUT2D eigenvalue weighted by Crippen LogP contribution is -2.46. The Labute approximate surface area is 114 Å². The Hall–Kier alpha value is -0.0800. The van der Waals surface area contributed by atoms with Crippen molar-refractivity contribution in [3.63, 3.8) is 0 Å². The minimum absolute atomic E-state index is 0.380. The Morgan fingerprint density at radius 3 is 2.33 bits per heavy atom. The minimum Gasteiger partial charge on any atom is -0.271 e. The molecular formula is C16H34N2. The van der Waals surface area contributed by atoms with E-state index in [2.05, 4.69) is 40.0 Å². The third kappa shape index (κ3) is 4.24. The highest BCUT2D eigenvalue weighted by Crippen LogP contribution is 2.38. The van der Waals surface area contributed by atoms with Crippen LogP contribution in [-0.2, 0) is 0 Å². The van der Waals surface area contributed by atoms with Crippen molar-refractivity contribution in [1.29, 1.82) is 0 Å². The Morgan fingerprint density at radius 2 is 1.83 bits per heavy atom. The third-order valence-electron chi connectivity index (χ3n) is 5.31. The van der Waals surface area contributed by atoms with Crippen LogP contribution >= 0.6 is 0 Å². The fraction of sp³-hybridized carbons (Fsp3) is 1.00. The number of hydrazine groups is 1. The Bertz CT molecular complexity index is 232. The van der Waals surface area contributed by atoms with E-state index in [1.54, 1.807) is 0 Å². The molecule has 1 fully saturated rings. The SMILES string of the molecule is CCC1CCCCC1C(CC(C)C(C)(C)C)NN. The second-order valence-electron chi connectivity index (χ2n) is 7.39. The van der Waals surface area contributed by atoms with Gasteiger partial charge < -0.3 is 0 Å². The highest BCUT2D eigenvalue weighted by atomic mass is 15.2. The van der Waals surface area contributed by atoms with Crippen LogP contribution in [-0.4, -0.2) is 6.04 Å². The molecule has 108 valence electrons. The molecule has 0 spiro atoms. The van der Waals surface area contributed by atoms with Gasteiger partial charge in [-0.3, -0.25) is 11.3 Å². The lowest BCUT2D eigenvalue weighted by atomic mass is 9.70. The van der Waals surface area contributed by atoms with Gasteiger partial charge in [0.1, 0.15) is 0 Å². The zero-order valence-corrected chi connectivity index (χ0v) is 13.1. The predicted molar refractivity (Wildman–Crippen MR) is 80.1 cm³/mol. The molecule has 1 aliphatic rings. The maximum absolute atomic E-state index is 5.86. The molecule has 0 aromatic carbocycles. The molecule has 0 radical (unpaired) electrons. The first-order valence-corrected chi connectivity index (χ1v) is 7.86. The topological polar surface area (TPSA) is 38.0 Å². The number of nitrogens with two attached hydrogens (primary N) is 1. The summed E-state index contributed by atoms with van der Waals surface area (Å²) in [5, 5.41) is 0. The maximum atomic E-state index is 5.86. The third-order valence-corrected chi connectivity index (χ3v) is 5.31. The normalized spacial score (nSPS) is 29.0. The molecular weight excluding hydrogens is 220 g/mol. The summed E-state index contributed by atoms with van der Waals surface area (Å²) < 4.78 is 0. The van der Waals surface area contributed by atoms with Crippen LogP contribution < -0.4 is 11.3 Å². The fourth-order valence-corrected chi connectivity index (χ4v) is 3.37. The molecule has 3 N–H and O–H groups in total. The molecule has 0 aliphatic heterocycles. The molecule has 1 rings (SSSR count). The summed E-state index contributed by atoms with van der Waals surface area (Å²) in [7, 11) is 0. The van der Waals surface area contributed by atoms with Crippen molar-refractivity contribution in [2.45, 2.75) is 79.2 Å². The summed E-state index contributed by atoms with van der Waals surface area (Å²) in [6.45, 7) is 11.7. The molecule has 4 atom stereocenters. The highest BCUT2D eigenvalue weighted by Gasteiger charge is 2.33. The zero-order valence-electron chi connectivity index (χ0n) is 13.1. The number of rotatable bonds is 5. The Kier molecular flexibility index (Phi) is 6.13. The molecule has 0 bridgehead atoms. The lowest BCUT2D eigenvalue weighted by molar-refractivity contribution is 0.133. The van der Waals surface area contributed by atoms with E-state index in [0.717, 1.165) is 11.8 Å². The van der Waals surface area contributed by atoms with Crippen LogP contribution in [0.3, 0.4) is 0 Å². The van der Waals surface area contributed by atoms with Crippen LogP contribution in [0.2, 0.25) is 0 Å². The first-order chi connectivity index (χ1) is 8.40. The van der Waals surface area contributed by atoms with Gasteiger partial charge in [0.2, 0.25) is 0 Å². The van der Waals surface area contributed by atoms with Crippen LogP contribution in [0.15, 0.2) is 0 Å². The van der Waals surface area contributed by atoms with Gasteiger partial charge in [-0.1, -0.05) is 60.3 Å². The Morgan fingerprint density at radius 1 is 1.22 bits per heavy atom. The van der Waals surface area contributed by atoms with Crippen molar-refractivity contribution in [1.82, 2.24) is 5.43 Å². The van der Waals surface area contributed by atoms with Crippen LogP contribution in [0, 0.1) is 23.2 Å². The van der Waals surface area contributed by atoms with E-state index in [4.69, 9.17) is 5.84 Å². The molecule has 2 nitrogen and oxygen atoms in total. The quantitative estimate of drug-likeness (QED) is 0.572. The summed E-state index contributed by atoms with van der Waals surface area (Å²) >= 11 is 0. The average molecular weight is 254 g/mol. The van der Waals surface area contributed by atoms with E-state index in [-0.39, 0.29) is 0 Å². The standard InChI is InChI=1S/C16H34N2/c1-6-13-9-7-8-10-14(13)15(18-17)11-12(2)16(3,4)5/h12-15,18H,6-11,17H2,1-5H3. The van der Waals surface area contributed by atoms with Gasteiger partial charge in [0, 0.05) is 6.04 Å². The summed E-state index contributed by atoms with van der Waals surface area (Å²) in [4.78, 5) is 0. The van der Waals surface area contributed by atoms with E-state index in [9.17, 15) is 0 Å². The van der Waals surface area contributed by atoms with Crippen molar-refractivity contribution >= 4 is 0 Å². The van der Waals surface area contributed by atoms with Gasteiger partial charge in [-0.2, -0.15) is 0 Å².